The van der Waals surface area contributed by atoms with Crippen LogP contribution >= 0.6 is 11.8 Å². The van der Waals surface area contributed by atoms with Crippen LogP contribution in [-0.2, 0) is 0 Å². The van der Waals surface area contributed by atoms with Crippen LogP contribution in [0.4, 0.5) is 0 Å². The highest BCUT2D eigenvalue weighted by Gasteiger charge is 1.92. The molecule has 2 nitrogen and oxygen atoms in total. The predicted molar refractivity (Wildman–Crippen MR) is 52.3 cm³/mol. The van der Waals surface area contributed by atoms with Gasteiger partial charge in [-0.15, -0.1) is 11.8 Å². The summed E-state index contributed by atoms with van der Waals surface area (Å²) in [5.41, 5.74) is 0. The van der Waals surface area contributed by atoms with E-state index in [9.17, 15) is 0 Å². The van der Waals surface area contributed by atoms with E-state index in [1.54, 1.807) is 6.33 Å². The monoisotopic (exact) mass is 182 g/mol. The molecule has 0 N–H and O–H groups in total. The molecule has 0 spiro atoms. The molecule has 1 rings (SSSR count). The maximum Gasteiger partial charge on any atom is 0.115 e. The van der Waals surface area contributed by atoms with Gasteiger partial charge >= 0.3 is 0 Å². The van der Waals surface area contributed by atoms with Crippen LogP contribution in [0.5, 0.6) is 0 Å². The summed E-state index contributed by atoms with van der Waals surface area (Å²) in [6.45, 7) is 2.22. The molecule has 3 heteroatoms. The Labute approximate surface area is 77.8 Å². The van der Waals surface area contributed by atoms with Crippen molar-refractivity contribution in [1.29, 1.82) is 0 Å². The minimum atomic E-state index is 1.17. The van der Waals surface area contributed by atoms with E-state index in [2.05, 4.69) is 16.9 Å². The molecule has 0 unspecified atom stereocenters. The van der Waals surface area contributed by atoms with Gasteiger partial charge in [0.05, 0.1) is 0 Å². The van der Waals surface area contributed by atoms with Crippen molar-refractivity contribution in [3.05, 3.63) is 18.7 Å². The first kappa shape index (κ1) is 9.52. The number of unbranched alkanes of at least 4 members (excludes halogenated alkanes) is 2. The van der Waals surface area contributed by atoms with E-state index >= 15 is 0 Å². The molecule has 0 bridgehead atoms. The molecular formula is C9H14N2S. The van der Waals surface area contributed by atoms with Crippen molar-refractivity contribution in [3.8, 4) is 0 Å². The third-order valence-electron chi connectivity index (χ3n) is 1.55. The minimum Gasteiger partial charge on any atom is -0.244 e. The van der Waals surface area contributed by atoms with Crippen LogP contribution in [0, 0.1) is 0 Å². The largest absolute Gasteiger partial charge is 0.244 e. The Morgan fingerprint density at radius 1 is 1.25 bits per heavy atom. The van der Waals surface area contributed by atoms with Gasteiger partial charge in [0, 0.05) is 17.3 Å². The summed E-state index contributed by atoms with van der Waals surface area (Å²) in [6.07, 6.45) is 9.19. The summed E-state index contributed by atoms with van der Waals surface area (Å²) in [7, 11) is 0. The van der Waals surface area contributed by atoms with Gasteiger partial charge in [-0.1, -0.05) is 19.8 Å². The molecule has 0 amide bonds. The molecule has 0 fully saturated rings. The molecule has 12 heavy (non-hydrogen) atoms. The van der Waals surface area contributed by atoms with Crippen LogP contribution in [0.3, 0.4) is 0 Å². The Balaban J connectivity index is 2.16. The van der Waals surface area contributed by atoms with E-state index in [1.165, 1.54) is 29.9 Å². The van der Waals surface area contributed by atoms with Gasteiger partial charge in [-0.3, -0.25) is 0 Å². The summed E-state index contributed by atoms with van der Waals surface area (Å²) in [5, 5.41) is 0. The van der Waals surface area contributed by atoms with Gasteiger partial charge < -0.3 is 0 Å². The van der Waals surface area contributed by atoms with Gasteiger partial charge in [0.15, 0.2) is 0 Å². The van der Waals surface area contributed by atoms with E-state index < -0.39 is 0 Å². The Kier molecular flexibility index (Phi) is 4.76. The lowest BCUT2D eigenvalue weighted by Gasteiger charge is -1.98. The van der Waals surface area contributed by atoms with Crippen molar-refractivity contribution in [3.63, 3.8) is 0 Å². The second-order valence-corrected chi connectivity index (χ2v) is 3.80. The predicted octanol–water partition coefficient (Wildman–Crippen LogP) is 2.76. The lowest BCUT2D eigenvalue weighted by atomic mass is 10.3. The minimum absolute atomic E-state index is 1.17. The van der Waals surface area contributed by atoms with Gasteiger partial charge in [0.2, 0.25) is 0 Å². The third kappa shape index (κ3) is 3.72. The molecular weight excluding hydrogens is 168 g/mol. The van der Waals surface area contributed by atoms with Crippen LogP contribution in [0.2, 0.25) is 0 Å². The van der Waals surface area contributed by atoms with Crippen molar-refractivity contribution in [2.24, 2.45) is 0 Å². The highest BCUT2D eigenvalue weighted by Crippen LogP contribution is 2.16. The lowest BCUT2D eigenvalue weighted by Crippen LogP contribution is -1.82. The lowest BCUT2D eigenvalue weighted by molar-refractivity contribution is 0.778. The normalized spacial score (nSPS) is 10.1. The Morgan fingerprint density at radius 2 is 2.00 bits per heavy atom. The first-order valence-corrected chi connectivity index (χ1v) is 5.30. The van der Waals surface area contributed by atoms with Crippen molar-refractivity contribution in [2.45, 2.75) is 31.1 Å². The topological polar surface area (TPSA) is 25.8 Å². The third-order valence-corrected chi connectivity index (χ3v) is 2.59. The second kappa shape index (κ2) is 6.00. The van der Waals surface area contributed by atoms with Crippen LogP contribution in [-0.4, -0.2) is 15.7 Å². The van der Waals surface area contributed by atoms with E-state index in [1.807, 2.05) is 24.2 Å². The average molecular weight is 182 g/mol. The molecule has 1 aromatic heterocycles. The van der Waals surface area contributed by atoms with Gasteiger partial charge in [0.1, 0.15) is 6.33 Å². The maximum atomic E-state index is 3.95. The second-order valence-electron chi connectivity index (χ2n) is 2.63. The highest BCUT2D eigenvalue weighted by molar-refractivity contribution is 7.99. The maximum absolute atomic E-state index is 3.95. The standard InChI is InChI=1S/C9H14N2S/c1-2-3-4-5-12-9-6-10-8-11-7-9/h6-8H,2-5H2,1H3. The van der Waals surface area contributed by atoms with Crippen molar-refractivity contribution in [1.82, 2.24) is 9.97 Å². The van der Waals surface area contributed by atoms with Crippen molar-refractivity contribution >= 4 is 11.8 Å². The fourth-order valence-corrected chi connectivity index (χ4v) is 1.76. The fourth-order valence-electron chi connectivity index (χ4n) is 0.902. The molecule has 0 aliphatic rings. The molecule has 0 aromatic carbocycles. The molecule has 0 saturated carbocycles. The van der Waals surface area contributed by atoms with E-state index in [-0.39, 0.29) is 0 Å². The number of nitrogens with zero attached hydrogens (tertiary/aromatic N) is 2. The Hall–Kier alpha value is -0.570. The highest BCUT2D eigenvalue weighted by atomic mass is 32.2. The first-order chi connectivity index (χ1) is 5.93. The summed E-state index contributed by atoms with van der Waals surface area (Å²) >= 11 is 1.84. The molecule has 1 aromatic rings. The summed E-state index contributed by atoms with van der Waals surface area (Å²) < 4.78 is 0. The van der Waals surface area contributed by atoms with Crippen LogP contribution in [0.25, 0.3) is 0 Å². The molecule has 66 valence electrons. The van der Waals surface area contributed by atoms with Crippen molar-refractivity contribution < 1.29 is 0 Å². The quantitative estimate of drug-likeness (QED) is 0.517. The van der Waals surface area contributed by atoms with Gasteiger partial charge in [0.25, 0.3) is 0 Å². The average Bonchev–Trinajstić information content (AvgIpc) is 2.14. The molecule has 0 aliphatic carbocycles. The number of thioether (sulfide) groups is 1. The first-order valence-electron chi connectivity index (χ1n) is 4.31. The summed E-state index contributed by atoms with van der Waals surface area (Å²) in [4.78, 5) is 9.08. The van der Waals surface area contributed by atoms with E-state index in [0.717, 1.165) is 0 Å². The molecule has 0 aliphatic heterocycles. The zero-order valence-corrected chi connectivity index (χ0v) is 8.18. The summed E-state index contributed by atoms with van der Waals surface area (Å²) in [5.74, 6) is 1.18. The Bertz CT molecular complexity index is 201. The van der Waals surface area contributed by atoms with Crippen LogP contribution in [0.1, 0.15) is 26.2 Å². The SMILES string of the molecule is CCCCCSc1cncnc1. The van der Waals surface area contributed by atoms with Crippen LogP contribution < -0.4 is 0 Å². The van der Waals surface area contributed by atoms with E-state index in [0.29, 0.717) is 0 Å². The smallest absolute Gasteiger partial charge is 0.115 e. The fraction of sp³-hybridized carbons (Fsp3) is 0.556. The molecule has 0 atom stereocenters. The zero-order chi connectivity index (χ0) is 8.65. The zero-order valence-electron chi connectivity index (χ0n) is 7.36. The molecule has 0 radical (unpaired) electrons. The molecule has 1 heterocycles. The summed E-state index contributed by atoms with van der Waals surface area (Å²) in [6, 6.07) is 0. The van der Waals surface area contributed by atoms with Gasteiger partial charge in [-0.2, -0.15) is 0 Å². The van der Waals surface area contributed by atoms with Gasteiger partial charge in [-0.25, -0.2) is 9.97 Å². The Morgan fingerprint density at radius 3 is 2.67 bits per heavy atom. The molecule has 0 saturated heterocycles. The number of hydrogen-bond acceptors (Lipinski definition) is 3. The van der Waals surface area contributed by atoms with Crippen molar-refractivity contribution in [2.75, 3.05) is 5.75 Å². The van der Waals surface area contributed by atoms with Gasteiger partial charge in [-0.05, 0) is 12.2 Å². The van der Waals surface area contributed by atoms with E-state index in [4.69, 9.17) is 0 Å². The van der Waals surface area contributed by atoms with Crippen LogP contribution in [0.15, 0.2) is 23.6 Å². The number of rotatable bonds is 5. The number of hydrogen-bond donors (Lipinski definition) is 0. The number of aromatic nitrogens is 2.